The van der Waals surface area contributed by atoms with Crippen LogP contribution in [0.25, 0.3) is 21.7 Å². The van der Waals surface area contributed by atoms with Gasteiger partial charge in [0.15, 0.2) is 0 Å². The average molecular weight is 364 g/mol. The predicted octanol–water partition coefficient (Wildman–Crippen LogP) is 4.58. The molecule has 26 heavy (non-hydrogen) atoms. The maximum atomic E-state index is 12.2. The molecule has 0 spiro atoms. The van der Waals surface area contributed by atoms with Gasteiger partial charge in [-0.25, -0.2) is 4.98 Å². The average Bonchev–Trinajstić information content (AvgIpc) is 2.65. The van der Waals surface area contributed by atoms with E-state index in [1.807, 2.05) is 12.1 Å². The number of nitrogens with zero attached hydrogens (tertiary/aromatic N) is 1. The summed E-state index contributed by atoms with van der Waals surface area (Å²) in [6.07, 6.45) is 0. The highest BCUT2D eigenvalue weighted by molar-refractivity contribution is 6.31. The fourth-order valence-electron chi connectivity index (χ4n) is 3.09. The number of hydrogen-bond acceptors (Lipinski definition) is 3. The van der Waals surface area contributed by atoms with Gasteiger partial charge in [0.25, 0.3) is 5.56 Å². The van der Waals surface area contributed by atoms with E-state index in [4.69, 9.17) is 11.6 Å². The standard InChI is InChI=1S/C21H18ClN3O/c1-13(15-7-6-14-4-2-3-5-16(14)10-15)23-12-20-24-19-11-17(22)8-9-18(19)21(26)25-20/h2-11,13,23H,12H2,1H3,(H,24,25,26)/t13-/m1/s1. The zero-order valence-corrected chi connectivity index (χ0v) is 15.0. The van der Waals surface area contributed by atoms with Gasteiger partial charge in [0.05, 0.1) is 17.4 Å². The lowest BCUT2D eigenvalue weighted by molar-refractivity contribution is 0.560. The van der Waals surface area contributed by atoms with Crippen LogP contribution in [0.15, 0.2) is 65.5 Å². The molecule has 1 atom stereocenters. The second-order valence-corrected chi connectivity index (χ2v) is 6.82. The number of fused-ring (bicyclic) bond motifs is 2. The monoisotopic (exact) mass is 363 g/mol. The van der Waals surface area contributed by atoms with Crippen molar-refractivity contribution in [3.05, 3.63) is 87.4 Å². The topological polar surface area (TPSA) is 57.8 Å². The van der Waals surface area contributed by atoms with Crippen molar-refractivity contribution in [1.29, 1.82) is 0 Å². The Morgan fingerprint density at radius 3 is 2.73 bits per heavy atom. The molecule has 0 saturated heterocycles. The number of hydrogen-bond donors (Lipinski definition) is 2. The number of rotatable bonds is 4. The molecule has 0 bridgehead atoms. The fourth-order valence-corrected chi connectivity index (χ4v) is 3.26. The molecule has 5 heteroatoms. The van der Waals surface area contributed by atoms with Crippen molar-refractivity contribution in [2.45, 2.75) is 19.5 Å². The number of nitrogens with one attached hydrogen (secondary N) is 2. The summed E-state index contributed by atoms with van der Waals surface area (Å²) in [5.74, 6) is 0.595. The molecule has 0 aliphatic carbocycles. The van der Waals surface area contributed by atoms with Gasteiger partial charge in [-0.3, -0.25) is 4.79 Å². The molecular formula is C21H18ClN3O. The summed E-state index contributed by atoms with van der Waals surface area (Å²) in [7, 11) is 0. The highest BCUT2D eigenvalue weighted by Crippen LogP contribution is 2.20. The third-order valence-electron chi connectivity index (χ3n) is 4.57. The van der Waals surface area contributed by atoms with Crippen molar-refractivity contribution in [2.24, 2.45) is 0 Å². The van der Waals surface area contributed by atoms with Gasteiger partial charge in [-0.05, 0) is 47.5 Å². The van der Waals surface area contributed by atoms with E-state index >= 15 is 0 Å². The number of halogens is 1. The first-order valence-electron chi connectivity index (χ1n) is 8.51. The van der Waals surface area contributed by atoms with Crippen molar-refractivity contribution in [2.75, 3.05) is 0 Å². The Kier molecular flexibility index (Phi) is 4.45. The molecule has 2 N–H and O–H groups in total. The van der Waals surface area contributed by atoms with Crippen LogP contribution in [0.3, 0.4) is 0 Å². The van der Waals surface area contributed by atoms with Gasteiger partial charge in [0.1, 0.15) is 5.82 Å². The molecule has 0 amide bonds. The largest absolute Gasteiger partial charge is 0.309 e. The smallest absolute Gasteiger partial charge is 0.258 e. The molecule has 0 aliphatic heterocycles. The molecule has 0 aliphatic rings. The van der Waals surface area contributed by atoms with Crippen LogP contribution >= 0.6 is 11.6 Å². The summed E-state index contributed by atoms with van der Waals surface area (Å²) >= 11 is 6.01. The highest BCUT2D eigenvalue weighted by Gasteiger charge is 2.09. The molecule has 3 aromatic carbocycles. The second-order valence-electron chi connectivity index (χ2n) is 6.38. The first-order chi connectivity index (χ1) is 12.6. The molecule has 0 fully saturated rings. The van der Waals surface area contributed by atoms with Crippen LogP contribution in [0.1, 0.15) is 24.4 Å². The van der Waals surface area contributed by atoms with Crippen LogP contribution in [0.4, 0.5) is 0 Å². The first kappa shape index (κ1) is 16.8. The SMILES string of the molecule is C[C@@H](NCc1nc2cc(Cl)ccc2c(=O)[nH]1)c1ccc2ccccc2c1. The minimum atomic E-state index is -0.151. The second kappa shape index (κ2) is 6.90. The third kappa shape index (κ3) is 3.34. The highest BCUT2D eigenvalue weighted by atomic mass is 35.5. The van der Waals surface area contributed by atoms with E-state index in [9.17, 15) is 4.79 Å². The van der Waals surface area contributed by atoms with Gasteiger partial charge in [-0.2, -0.15) is 0 Å². The Bertz CT molecular complexity index is 1150. The Hall–Kier alpha value is -2.69. The zero-order chi connectivity index (χ0) is 18.1. The Morgan fingerprint density at radius 2 is 1.88 bits per heavy atom. The maximum absolute atomic E-state index is 12.2. The van der Waals surface area contributed by atoms with E-state index < -0.39 is 0 Å². The van der Waals surface area contributed by atoms with Gasteiger partial charge in [0, 0.05) is 11.1 Å². The van der Waals surface area contributed by atoms with Crippen LogP contribution < -0.4 is 10.9 Å². The lowest BCUT2D eigenvalue weighted by Gasteiger charge is -2.15. The summed E-state index contributed by atoms with van der Waals surface area (Å²) in [5.41, 5.74) is 1.65. The lowest BCUT2D eigenvalue weighted by atomic mass is 10.0. The van der Waals surface area contributed by atoms with Gasteiger partial charge < -0.3 is 10.3 Å². The first-order valence-corrected chi connectivity index (χ1v) is 8.88. The summed E-state index contributed by atoms with van der Waals surface area (Å²) in [4.78, 5) is 19.5. The van der Waals surface area contributed by atoms with E-state index in [1.165, 1.54) is 16.3 Å². The van der Waals surface area contributed by atoms with E-state index in [-0.39, 0.29) is 11.6 Å². The summed E-state index contributed by atoms with van der Waals surface area (Å²) < 4.78 is 0. The van der Waals surface area contributed by atoms with Gasteiger partial charge >= 0.3 is 0 Å². The van der Waals surface area contributed by atoms with Gasteiger partial charge in [-0.1, -0.05) is 48.0 Å². The molecule has 0 saturated carbocycles. The third-order valence-corrected chi connectivity index (χ3v) is 4.80. The molecule has 0 unspecified atom stereocenters. The van der Waals surface area contributed by atoms with E-state index in [0.29, 0.717) is 28.3 Å². The maximum Gasteiger partial charge on any atom is 0.258 e. The van der Waals surface area contributed by atoms with E-state index in [2.05, 4.69) is 52.5 Å². The van der Waals surface area contributed by atoms with Crippen molar-refractivity contribution < 1.29 is 0 Å². The van der Waals surface area contributed by atoms with E-state index in [0.717, 1.165) is 0 Å². The number of aromatic nitrogens is 2. The predicted molar refractivity (Wildman–Crippen MR) is 107 cm³/mol. The molecule has 1 heterocycles. The van der Waals surface area contributed by atoms with Gasteiger partial charge in [0.2, 0.25) is 0 Å². The van der Waals surface area contributed by atoms with Crippen molar-refractivity contribution >= 4 is 33.3 Å². The molecular weight excluding hydrogens is 346 g/mol. The van der Waals surface area contributed by atoms with Crippen LogP contribution in [0, 0.1) is 0 Å². The fraction of sp³-hybridized carbons (Fsp3) is 0.143. The summed E-state index contributed by atoms with van der Waals surface area (Å²) in [6, 6.07) is 19.9. The number of H-pyrrole nitrogens is 1. The minimum absolute atomic E-state index is 0.125. The molecule has 4 rings (SSSR count). The quantitative estimate of drug-likeness (QED) is 0.558. The summed E-state index contributed by atoms with van der Waals surface area (Å²) in [5, 5.41) is 6.97. The molecule has 4 nitrogen and oxygen atoms in total. The van der Waals surface area contributed by atoms with Crippen molar-refractivity contribution in [3.63, 3.8) is 0 Å². The Morgan fingerprint density at radius 1 is 1.08 bits per heavy atom. The molecule has 4 aromatic rings. The minimum Gasteiger partial charge on any atom is -0.309 e. The van der Waals surface area contributed by atoms with Crippen molar-refractivity contribution in [3.8, 4) is 0 Å². The van der Waals surface area contributed by atoms with Gasteiger partial charge in [-0.15, -0.1) is 0 Å². The van der Waals surface area contributed by atoms with Crippen LogP contribution in [-0.2, 0) is 6.54 Å². The Balaban J connectivity index is 1.55. The van der Waals surface area contributed by atoms with Crippen LogP contribution in [-0.4, -0.2) is 9.97 Å². The normalized spacial score (nSPS) is 12.5. The molecule has 1 aromatic heterocycles. The van der Waals surface area contributed by atoms with Crippen LogP contribution in [0.5, 0.6) is 0 Å². The van der Waals surface area contributed by atoms with Crippen LogP contribution in [0.2, 0.25) is 5.02 Å². The summed E-state index contributed by atoms with van der Waals surface area (Å²) in [6.45, 7) is 2.56. The lowest BCUT2D eigenvalue weighted by Crippen LogP contribution is -2.22. The zero-order valence-electron chi connectivity index (χ0n) is 14.3. The number of benzene rings is 3. The molecule has 130 valence electrons. The molecule has 0 radical (unpaired) electrons. The van der Waals surface area contributed by atoms with E-state index in [1.54, 1.807) is 18.2 Å². The Labute approximate surface area is 155 Å². The number of aromatic amines is 1. The van der Waals surface area contributed by atoms with Crippen molar-refractivity contribution in [1.82, 2.24) is 15.3 Å².